The maximum absolute atomic E-state index is 11.7. The summed E-state index contributed by atoms with van der Waals surface area (Å²) >= 11 is 0. The van der Waals surface area contributed by atoms with E-state index in [2.05, 4.69) is 41.2 Å². The highest BCUT2D eigenvalue weighted by atomic mass is 127. The Bertz CT molecular complexity index is 594. The van der Waals surface area contributed by atoms with Crippen molar-refractivity contribution in [3.63, 3.8) is 0 Å². The van der Waals surface area contributed by atoms with Gasteiger partial charge in [-0.1, -0.05) is 19.9 Å². The molecule has 0 atom stereocenters. The molecule has 0 unspecified atom stereocenters. The number of rotatable bonds is 8. The van der Waals surface area contributed by atoms with Gasteiger partial charge >= 0.3 is 0 Å². The molecule has 1 amide bonds. The molecule has 0 radical (unpaired) electrons. The second kappa shape index (κ2) is 11.9. The zero-order chi connectivity index (χ0) is 18.1. The fourth-order valence-corrected chi connectivity index (χ4v) is 2.39. The molecule has 0 bridgehead atoms. The lowest BCUT2D eigenvalue weighted by atomic mass is 10.1. The number of aromatic nitrogens is 2. The number of carbonyl (C=O) groups excluding carboxylic acids is 1. The van der Waals surface area contributed by atoms with Gasteiger partial charge in [0.1, 0.15) is 0 Å². The van der Waals surface area contributed by atoms with Gasteiger partial charge in [-0.15, -0.1) is 30.6 Å². The zero-order valence-corrected chi connectivity index (χ0v) is 18.3. The highest BCUT2D eigenvalue weighted by Crippen LogP contribution is 2.16. The molecule has 8 heteroatoms. The third-order valence-electron chi connectivity index (χ3n) is 3.74. The van der Waals surface area contributed by atoms with Crippen molar-refractivity contribution in [2.24, 2.45) is 12.0 Å². The maximum Gasteiger partial charge on any atom is 0.241 e. The van der Waals surface area contributed by atoms with Crippen molar-refractivity contribution in [2.75, 3.05) is 27.2 Å². The van der Waals surface area contributed by atoms with Gasteiger partial charge in [0.2, 0.25) is 5.91 Å². The van der Waals surface area contributed by atoms with Crippen LogP contribution in [0, 0.1) is 0 Å². The first-order chi connectivity index (χ1) is 11.4. The average molecular weight is 462 g/mol. The Labute approximate surface area is 168 Å². The number of carbonyl (C=O) groups is 1. The first-order valence-electron chi connectivity index (χ1n) is 8.31. The fraction of sp³-hybridized carbons (Fsp3) is 0.588. The average Bonchev–Trinajstić information content (AvgIpc) is 2.88. The number of nitrogens with zero attached hydrogens (tertiary/aromatic N) is 4. The Hall–Kier alpha value is -1.58. The number of halogens is 1. The molecule has 0 aliphatic rings. The summed E-state index contributed by atoms with van der Waals surface area (Å²) in [4.78, 5) is 17.9. The van der Waals surface area contributed by atoms with Crippen molar-refractivity contribution in [2.45, 2.75) is 33.2 Å². The second-order valence-corrected chi connectivity index (χ2v) is 5.68. The molecule has 0 spiro atoms. The minimum Gasteiger partial charge on any atom is -0.353 e. The van der Waals surface area contributed by atoms with Crippen LogP contribution in [0.15, 0.2) is 17.6 Å². The number of hydrogen-bond donors (Lipinski definition) is 2. The quantitative estimate of drug-likeness (QED) is 0.266. The van der Waals surface area contributed by atoms with E-state index in [1.54, 1.807) is 25.1 Å². The van der Waals surface area contributed by atoms with Gasteiger partial charge in [0.25, 0.3) is 0 Å². The van der Waals surface area contributed by atoms with Gasteiger partial charge in [-0.3, -0.25) is 9.48 Å². The summed E-state index contributed by atoms with van der Waals surface area (Å²) in [5.74, 6) is 0.589. The largest absolute Gasteiger partial charge is 0.353 e. The molecule has 1 rings (SSSR count). The molecule has 142 valence electrons. The molecule has 25 heavy (non-hydrogen) atoms. The number of likely N-dealkylation sites (N-methyl/N-ethyl adjacent to an activating group) is 1. The van der Waals surface area contributed by atoms with E-state index in [0.717, 1.165) is 18.5 Å². The molecule has 7 nitrogen and oxygen atoms in total. The lowest BCUT2D eigenvalue weighted by Gasteiger charge is -2.14. The zero-order valence-electron chi connectivity index (χ0n) is 15.9. The van der Waals surface area contributed by atoms with E-state index < -0.39 is 0 Å². The number of guanidine groups is 1. The molecular weight excluding hydrogens is 431 g/mol. The van der Waals surface area contributed by atoms with Crippen LogP contribution in [0.4, 0.5) is 0 Å². The Morgan fingerprint density at radius 2 is 2.00 bits per heavy atom. The number of nitrogens with one attached hydrogen (secondary N) is 2. The van der Waals surface area contributed by atoms with Gasteiger partial charge in [-0.2, -0.15) is 5.10 Å². The van der Waals surface area contributed by atoms with Gasteiger partial charge in [0, 0.05) is 38.9 Å². The Kier molecular flexibility index (Phi) is 11.1. The fourth-order valence-electron chi connectivity index (χ4n) is 2.39. The van der Waals surface area contributed by atoms with Crippen LogP contribution in [0.1, 0.15) is 30.8 Å². The molecule has 2 N–H and O–H groups in total. The van der Waals surface area contributed by atoms with E-state index in [1.165, 1.54) is 11.3 Å². The summed E-state index contributed by atoms with van der Waals surface area (Å²) in [6.45, 7) is 9.22. The minimum atomic E-state index is -0.00650. The van der Waals surface area contributed by atoms with Crippen LogP contribution in [-0.4, -0.2) is 53.7 Å². The third kappa shape index (κ3) is 7.05. The number of aryl methyl sites for hydroxylation is 2. The molecule has 0 saturated carbocycles. The highest BCUT2D eigenvalue weighted by Gasteiger charge is 2.13. The van der Waals surface area contributed by atoms with Crippen LogP contribution < -0.4 is 10.6 Å². The Morgan fingerprint density at radius 3 is 2.52 bits per heavy atom. The second-order valence-electron chi connectivity index (χ2n) is 5.68. The van der Waals surface area contributed by atoms with E-state index in [1.807, 2.05) is 11.7 Å². The topological polar surface area (TPSA) is 74.5 Å². The van der Waals surface area contributed by atoms with Crippen molar-refractivity contribution < 1.29 is 4.79 Å². The van der Waals surface area contributed by atoms with Crippen molar-refractivity contribution in [3.05, 3.63) is 29.6 Å². The summed E-state index contributed by atoms with van der Waals surface area (Å²) in [7, 11) is 5.43. The molecule has 0 fully saturated rings. The Balaban J connectivity index is 0.00000576. The lowest BCUT2D eigenvalue weighted by molar-refractivity contribution is -0.127. The third-order valence-corrected chi connectivity index (χ3v) is 3.74. The molecule has 1 aromatic rings. The number of aliphatic imine (C=N–C) groups is 1. The highest BCUT2D eigenvalue weighted by molar-refractivity contribution is 14.0. The van der Waals surface area contributed by atoms with E-state index in [4.69, 9.17) is 0 Å². The van der Waals surface area contributed by atoms with Crippen LogP contribution in [0.2, 0.25) is 0 Å². The molecule has 0 saturated heterocycles. The summed E-state index contributed by atoms with van der Waals surface area (Å²) in [5.41, 5.74) is 3.44. The van der Waals surface area contributed by atoms with Gasteiger partial charge in [-0.05, 0) is 12.8 Å². The van der Waals surface area contributed by atoms with Crippen molar-refractivity contribution >= 4 is 35.8 Å². The van der Waals surface area contributed by atoms with Crippen LogP contribution in [-0.2, 0) is 31.2 Å². The number of amides is 1. The van der Waals surface area contributed by atoms with Crippen molar-refractivity contribution in [1.29, 1.82) is 0 Å². The molecule has 0 aliphatic carbocycles. The van der Waals surface area contributed by atoms with Gasteiger partial charge < -0.3 is 15.5 Å². The predicted octanol–water partition coefficient (Wildman–Crippen LogP) is 1.47. The van der Waals surface area contributed by atoms with Gasteiger partial charge in [0.05, 0.1) is 18.8 Å². The van der Waals surface area contributed by atoms with Crippen molar-refractivity contribution in [1.82, 2.24) is 25.3 Å². The SMILES string of the molecule is C=CCNC(=NCc1c(CC)nn(C)c1CC)NCC(=O)N(C)C.I. The van der Waals surface area contributed by atoms with Crippen molar-refractivity contribution in [3.8, 4) is 0 Å². The van der Waals surface area contributed by atoms with Crippen LogP contribution in [0.5, 0.6) is 0 Å². The molecule has 1 aromatic heterocycles. The first kappa shape index (κ1) is 23.4. The summed E-state index contributed by atoms with van der Waals surface area (Å²) < 4.78 is 1.93. The Morgan fingerprint density at radius 1 is 1.32 bits per heavy atom. The normalized spacial score (nSPS) is 10.8. The minimum absolute atomic E-state index is 0. The number of hydrogen-bond acceptors (Lipinski definition) is 3. The molecule has 1 heterocycles. The molecule has 0 aromatic carbocycles. The summed E-state index contributed by atoms with van der Waals surface area (Å²) in [6.07, 6.45) is 3.54. The predicted molar refractivity (Wildman–Crippen MR) is 113 cm³/mol. The van der Waals surface area contributed by atoms with Gasteiger partial charge in [0.15, 0.2) is 5.96 Å². The standard InChI is InChI=1S/C17H30N6O.HI/c1-7-10-18-17(20-12-16(24)22(4)5)19-11-13-14(8-2)21-23(6)15(13)9-3;/h7H,1,8-12H2,2-6H3,(H2,18,19,20);1H. The van der Waals surface area contributed by atoms with E-state index in [-0.39, 0.29) is 36.4 Å². The van der Waals surface area contributed by atoms with E-state index >= 15 is 0 Å². The van der Waals surface area contributed by atoms with E-state index in [9.17, 15) is 4.79 Å². The van der Waals surface area contributed by atoms with Crippen LogP contribution in [0.25, 0.3) is 0 Å². The summed E-state index contributed by atoms with van der Waals surface area (Å²) in [5, 5.41) is 10.8. The summed E-state index contributed by atoms with van der Waals surface area (Å²) in [6, 6.07) is 0. The molecular formula is C17H31IN6O. The smallest absolute Gasteiger partial charge is 0.241 e. The maximum atomic E-state index is 11.7. The van der Waals surface area contributed by atoms with Crippen LogP contribution in [0.3, 0.4) is 0 Å². The first-order valence-corrected chi connectivity index (χ1v) is 8.31. The van der Waals surface area contributed by atoms with E-state index in [0.29, 0.717) is 19.0 Å². The lowest BCUT2D eigenvalue weighted by Crippen LogP contribution is -2.43. The monoisotopic (exact) mass is 462 g/mol. The van der Waals surface area contributed by atoms with Gasteiger partial charge in [-0.25, -0.2) is 4.99 Å². The molecule has 0 aliphatic heterocycles. The van der Waals surface area contributed by atoms with Crippen LogP contribution >= 0.6 is 24.0 Å².